The summed E-state index contributed by atoms with van der Waals surface area (Å²) < 4.78 is 6.29. The standard InChI is InChI=1S/C20H29N3O3/c1-22(2)17-8-14-10-23(20(25)16-4-3-5-19(24)21-16)11-15(14)9-18(17)26-12-13-6-7-13/h3-5,13-15,17-18H,6-12H2,1-2H3,(H,21,24)/t14-,15+,17-,18-/m1/s1. The number of hydrogen-bond donors (Lipinski definition) is 1. The van der Waals surface area contributed by atoms with Crippen LogP contribution < -0.4 is 5.56 Å². The van der Waals surface area contributed by atoms with Crippen molar-refractivity contribution in [2.24, 2.45) is 17.8 Å². The molecule has 0 aromatic carbocycles. The van der Waals surface area contributed by atoms with Gasteiger partial charge >= 0.3 is 0 Å². The number of aromatic amines is 1. The molecule has 4 rings (SSSR count). The molecule has 4 atom stereocenters. The Bertz CT molecular complexity index is 712. The number of nitrogens with one attached hydrogen (secondary N) is 1. The number of hydrogen-bond acceptors (Lipinski definition) is 4. The second-order valence-corrected chi connectivity index (χ2v) is 8.48. The van der Waals surface area contributed by atoms with Gasteiger partial charge in [-0.3, -0.25) is 9.59 Å². The molecule has 3 fully saturated rings. The van der Waals surface area contributed by atoms with E-state index in [9.17, 15) is 9.59 Å². The molecule has 6 nitrogen and oxygen atoms in total. The summed E-state index contributed by atoms with van der Waals surface area (Å²) in [6.07, 6.45) is 4.97. The predicted octanol–water partition coefficient (Wildman–Crippen LogP) is 1.58. The van der Waals surface area contributed by atoms with E-state index in [-0.39, 0.29) is 17.6 Å². The van der Waals surface area contributed by atoms with Gasteiger partial charge in [0.25, 0.3) is 5.91 Å². The molecule has 0 spiro atoms. The van der Waals surface area contributed by atoms with Crippen molar-refractivity contribution in [3.8, 4) is 0 Å². The van der Waals surface area contributed by atoms with Gasteiger partial charge in [-0.1, -0.05) is 6.07 Å². The van der Waals surface area contributed by atoms with Gasteiger partial charge in [-0.25, -0.2) is 0 Å². The zero-order valence-corrected chi connectivity index (χ0v) is 15.7. The maximum atomic E-state index is 12.8. The molecular formula is C20H29N3O3. The first kappa shape index (κ1) is 17.7. The van der Waals surface area contributed by atoms with Crippen LogP contribution in [0.4, 0.5) is 0 Å². The third kappa shape index (κ3) is 3.71. The fraction of sp³-hybridized carbons (Fsp3) is 0.700. The van der Waals surface area contributed by atoms with E-state index in [1.807, 2.05) is 4.90 Å². The summed E-state index contributed by atoms with van der Waals surface area (Å²) in [4.78, 5) is 31.1. The number of fused-ring (bicyclic) bond motifs is 1. The number of carbonyl (C=O) groups excluding carboxylic acids is 1. The molecule has 0 unspecified atom stereocenters. The minimum atomic E-state index is -0.228. The Morgan fingerprint density at radius 3 is 2.62 bits per heavy atom. The van der Waals surface area contributed by atoms with Crippen LogP contribution in [0.25, 0.3) is 0 Å². The van der Waals surface area contributed by atoms with Gasteiger partial charge in [0.1, 0.15) is 5.69 Å². The number of carbonyl (C=O) groups is 1. The van der Waals surface area contributed by atoms with E-state index in [4.69, 9.17) is 4.74 Å². The highest BCUT2D eigenvalue weighted by Gasteiger charge is 2.45. The number of H-pyrrole nitrogens is 1. The molecule has 142 valence electrons. The molecule has 1 aromatic heterocycles. The summed E-state index contributed by atoms with van der Waals surface area (Å²) in [5.74, 6) is 1.72. The van der Waals surface area contributed by atoms with Gasteiger partial charge in [-0.2, -0.15) is 0 Å². The third-order valence-corrected chi connectivity index (χ3v) is 6.28. The second kappa shape index (κ2) is 7.16. The molecule has 2 aliphatic carbocycles. The SMILES string of the molecule is CN(C)[C@@H]1C[C@@H]2CN(C(=O)c3cccc(=O)[nH]3)C[C@@H]2C[C@H]1OCC1CC1. The van der Waals surface area contributed by atoms with E-state index >= 15 is 0 Å². The maximum absolute atomic E-state index is 12.8. The van der Waals surface area contributed by atoms with Crippen LogP contribution in [-0.2, 0) is 4.74 Å². The number of likely N-dealkylation sites (tertiary alicyclic amines) is 1. The predicted molar refractivity (Wildman–Crippen MR) is 99.1 cm³/mol. The van der Waals surface area contributed by atoms with Gasteiger partial charge < -0.3 is 19.5 Å². The minimum absolute atomic E-state index is 0.0612. The number of likely N-dealkylation sites (N-methyl/N-ethyl adjacent to an activating group) is 1. The summed E-state index contributed by atoms with van der Waals surface area (Å²) >= 11 is 0. The number of ether oxygens (including phenoxy) is 1. The average Bonchev–Trinajstić information content (AvgIpc) is 3.35. The zero-order chi connectivity index (χ0) is 18.3. The molecule has 1 aliphatic heterocycles. The molecule has 3 aliphatic rings. The largest absolute Gasteiger partial charge is 0.376 e. The van der Waals surface area contributed by atoms with Crippen LogP contribution in [0.3, 0.4) is 0 Å². The quantitative estimate of drug-likeness (QED) is 0.867. The van der Waals surface area contributed by atoms with Crippen LogP contribution in [0.5, 0.6) is 0 Å². The van der Waals surface area contributed by atoms with Crippen molar-refractivity contribution in [1.29, 1.82) is 0 Å². The highest BCUT2D eigenvalue weighted by atomic mass is 16.5. The number of nitrogens with zero attached hydrogens (tertiary/aromatic N) is 2. The molecule has 2 saturated carbocycles. The molecule has 2 heterocycles. The summed E-state index contributed by atoms with van der Waals surface area (Å²) in [5.41, 5.74) is 0.163. The number of amides is 1. The van der Waals surface area contributed by atoms with E-state index in [1.165, 1.54) is 18.9 Å². The van der Waals surface area contributed by atoms with Crippen molar-refractivity contribution in [1.82, 2.24) is 14.8 Å². The van der Waals surface area contributed by atoms with Crippen LogP contribution in [0, 0.1) is 17.8 Å². The van der Waals surface area contributed by atoms with Gasteiger partial charge in [0.05, 0.1) is 6.10 Å². The molecule has 6 heteroatoms. The van der Waals surface area contributed by atoms with Crippen molar-refractivity contribution in [2.45, 2.75) is 37.8 Å². The van der Waals surface area contributed by atoms with Gasteiger partial charge in [-0.15, -0.1) is 0 Å². The normalized spacial score (nSPS) is 31.3. The molecule has 1 saturated heterocycles. The van der Waals surface area contributed by atoms with E-state index in [1.54, 1.807) is 12.1 Å². The molecule has 1 amide bonds. The van der Waals surface area contributed by atoms with Gasteiger partial charge in [0, 0.05) is 31.8 Å². The minimum Gasteiger partial charge on any atom is -0.376 e. The van der Waals surface area contributed by atoms with Crippen LogP contribution in [0.2, 0.25) is 0 Å². The first-order valence-electron chi connectivity index (χ1n) is 9.78. The smallest absolute Gasteiger partial charge is 0.270 e. The third-order valence-electron chi connectivity index (χ3n) is 6.28. The van der Waals surface area contributed by atoms with Crippen molar-refractivity contribution >= 4 is 5.91 Å². The summed E-state index contributed by atoms with van der Waals surface area (Å²) in [6.45, 7) is 2.43. The lowest BCUT2D eigenvalue weighted by Crippen LogP contribution is -2.48. The summed E-state index contributed by atoms with van der Waals surface area (Å²) in [6, 6.07) is 5.18. The molecule has 0 radical (unpaired) electrons. The molecular weight excluding hydrogens is 330 g/mol. The first-order valence-corrected chi connectivity index (χ1v) is 9.78. The lowest BCUT2D eigenvalue weighted by molar-refractivity contribution is -0.0493. The van der Waals surface area contributed by atoms with Crippen molar-refractivity contribution in [3.05, 3.63) is 34.2 Å². The fourth-order valence-electron chi connectivity index (χ4n) is 4.57. The Balaban J connectivity index is 1.43. The lowest BCUT2D eigenvalue weighted by Gasteiger charge is -2.41. The van der Waals surface area contributed by atoms with Crippen LogP contribution in [0.1, 0.15) is 36.2 Å². The van der Waals surface area contributed by atoms with Crippen molar-refractivity contribution in [3.63, 3.8) is 0 Å². The van der Waals surface area contributed by atoms with E-state index < -0.39 is 0 Å². The molecule has 26 heavy (non-hydrogen) atoms. The number of pyridine rings is 1. The highest BCUT2D eigenvalue weighted by molar-refractivity contribution is 5.92. The summed E-state index contributed by atoms with van der Waals surface area (Å²) in [5, 5.41) is 0. The van der Waals surface area contributed by atoms with Crippen molar-refractivity contribution in [2.75, 3.05) is 33.8 Å². The lowest BCUT2D eigenvalue weighted by atomic mass is 9.77. The Kier molecular flexibility index (Phi) is 4.88. The van der Waals surface area contributed by atoms with Crippen LogP contribution >= 0.6 is 0 Å². The van der Waals surface area contributed by atoms with Gasteiger partial charge in [0.15, 0.2) is 0 Å². The molecule has 0 bridgehead atoms. The average molecular weight is 359 g/mol. The first-order chi connectivity index (χ1) is 12.5. The van der Waals surface area contributed by atoms with Crippen molar-refractivity contribution < 1.29 is 9.53 Å². The molecule has 1 aromatic rings. The topological polar surface area (TPSA) is 65.6 Å². The Morgan fingerprint density at radius 1 is 1.23 bits per heavy atom. The zero-order valence-electron chi connectivity index (χ0n) is 15.7. The Labute approximate surface area is 154 Å². The Hall–Kier alpha value is -1.66. The van der Waals surface area contributed by atoms with Gasteiger partial charge in [-0.05, 0) is 63.6 Å². The number of rotatable bonds is 5. The Morgan fingerprint density at radius 2 is 1.96 bits per heavy atom. The van der Waals surface area contributed by atoms with Gasteiger partial charge in [0.2, 0.25) is 5.56 Å². The molecule has 1 N–H and O–H groups in total. The van der Waals surface area contributed by atoms with E-state index in [0.29, 0.717) is 23.6 Å². The van der Waals surface area contributed by atoms with E-state index in [2.05, 4.69) is 24.0 Å². The fourth-order valence-corrected chi connectivity index (χ4v) is 4.57. The maximum Gasteiger partial charge on any atom is 0.270 e. The monoisotopic (exact) mass is 359 g/mol. The van der Waals surface area contributed by atoms with E-state index in [0.717, 1.165) is 38.5 Å². The summed E-state index contributed by atoms with van der Waals surface area (Å²) in [7, 11) is 4.26. The number of aromatic nitrogens is 1. The van der Waals surface area contributed by atoms with Crippen LogP contribution in [-0.4, -0.2) is 66.6 Å². The highest BCUT2D eigenvalue weighted by Crippen LogP contribution is 2.40. The second-order valence-electron chi connectivity index (χ2n) is 8.48. The van der Waals surface area contributed by atoms with Crippen LogP contribution in [0.15, 0.2) is 23.0 Å².